The van der Waals surface area contributed by atoms with Crippen LogP contribution in [0.1, 0.15) is 41.7 Å². The van der Waals surface area contributed by atoms with Crippen LogP contribution in [0.2, 0.25) is 0 Å². The molecule has 2 atom stereocenters. The highest BCUT2D eigenvalue weighted by molar-refractivity contribution is 7.98. The van der Waals surface area contributed by atoms with Gasteiger partial charge >= 0.3 is 0 Å². The van der Waals surface area contributed by atoms with Gasteiger partial charge in [0.25, 0.3) is 0 Å². The largest absolute Gasteiger partial charge is 0.387 e. The minimum Gasteiger partial charge on any atom is -0.387 e. The van der Waals surface area contributed by atoms with Crippen molar-refractivity contribution in [2.24, 2.45) is 17.6 Å². The van der Waals surface area contributed by atoms with Crippen LogP contribution in [-0.2, 0) is 12.2 Å². The molecule has 0 amide bonds. The average molecular weight is 285 g/mol. The maximum Gasteiger partial charge on any atom is 0.0922 e. The predicted octanol–water partition coefficient (Wildman–Crippen LogP) is 3.19. The Morgan fingerprint density at radius 1 is 1.44 bits per heavy atom. The Hall–Kier alpha value is -0.0300. The van der Waals surface area contributed by atoms with E-state index in [1.807, 2.05) is 11.8 Å². The van der Waals surface area contributed by atoms with Gasteiger partial charge in [-0.25, -0.2) is 0 Å². The van der Waals surface area contributed by atoms with Gasteiger partial charge in [-0.3, -0.25) is 0 Å². The third-order valence-corrected chi connectivity index (χ3v) is 5.78. The lowest BCUT2D eigenvalue weighted by Crippen LogP contribution is -2.23. The summed E-state index contributed by atoms with van der Waals surface area (Å²) in [5, 5.41) is 10.5. The molecule has 0 radical (unpaired) electrons. The summed E-state index contributed by atoms with van der Waals surface area (Å²) in [5.41, 5.74) is 7.26. The fourth-order valence-corrected chi connectivity index (χ4v) is 4.96. The third kappa shape index (κ3) is 3.29. The van der Waals surface area contributed by atoms with Gasteiger partial charge in [0, 0.05) is 21.4 Å². The number of thiophene rings is 1. The van der Waals surface area contributed by atoms with E-state index in [1.54, 1.807) is 11.3 Å². The van der Waals surface area contributed by atoms with Crippen LogP contribution in [0.5, 0.6) is 0 Å². The number of hydrogen-bond donors (Lipinski definition) is 2. The van der Waals surface area contributed by atoms with Gasteiger partial charge in [-0.2, -0.15) is 11.8 Å². The third-order valence-electron chi connectivity index (χ3n) is 3.46. The molecule has 1 aliphatic rings. The summed E-state index contributed by atoms with van der Waals surface area (Å²) in [4.78, 5) is 2.60. The summed E-state index contributed by atoms with van der Waals surface area (Å²) < 4.78 is 0. The van der Waals surface area contributed by atoms with E-state index in [-0.39, 0.29) is 12.0 Å². The lowest BCUT2D eigenvalue weighted by Gasteiger charge is -2.22. The molecular formula is C14H23NOS2. The Morgan fingerprint density at radius 2 is 2.22 bits per heavy atom. The van der Waals surface area contributed by atoms with Crippen LogP contribution < -0.4 is 5.73 Å². The van der Waals surface area contributed by atoms with Crippen molar-refractivity contribution < 1.29 is 5.11 Å². The van der Waals surface area contributed by atoms with Crippen molar-refractivity contribution in [1.29, 1.82) is 0 Å². The predicted molar refractivity (Wildman–Crippen MR) is 81.1 cm³/mol. The number of aliphatic hydroxyl groups excluding tert-OH is 1. The number of nitrogens with two attached hydrogens (primary N) is 1. The second-order valence-electron chi connectivity index (χ2n) is 5.47. The van der Waals surface area contributed by atoms with Crippen LogP contribution in [0.4, 0.5) is 0 Å². The van der Waals surface area contributed by atoms with Gasteiger partial charge in [-0.1, -0.05) is 13.8 Å². The average Bonchev–Trinajstić information content (AvgIpc) is 2.78. The molecule has 4 heteroatoms. The molecule has 2 heterocycles. The fraction of sp³-hybridized carbons (Fsp3) is 0.714. The zero-order chi connectivity index (χ0) is 13.1. The molecular weight excluding hydrogens is 262 g/mol. The number of thioether (sulfide) groups is 1. The van der Waals surface area contributed by atoms with Crippen molar-refractivity contribution in [3.8, 4) is 0 Å². The van der Waals surface area contributed by atoms with Crippen LogP contribution in [0.25, 0.3) is 0 Å². The molecule has 2 nitrogen and oxygen atoms in total. The van der Waals surface area contributed by atoms with Gasteiger partial charge in [-0.15, -0.1) is 11.3 Å². The van der Waals surface area contributed by atoms with Gasteiger partial charge < -0.3 is 10.8 Å². The van der Waals surface area contributed by atoms with E-state index in [1.165, 1.54) is 16.2 Å². The normalized spacial score (nSPS) is 18.7. The van der Waals surface area contributed by atoms with E-state index in [2.05, 4.69) is 19.9 Å². The Morgan fingerprint density at radius 3 is 2.83 bits per heavy atom. The van der Waals surface area contributed by atoms with Crippen LogP contribution in [0, 0.1) is 11.8 Å². The highest BCUT2D eigenvalue weighted by Crippen LogP contribution is 2.37. The van der Waals surface area contributed by atoms with Gasteiger partial charge in [0.1, 0.15) is 0 Å². The maximum atomic E-state index is 10.5. The zero-order valence-corrected chi connectivity index (χ0v) is 12.8. The summed E-state index contributed by atoms with van der Waals surface area (Å²) in [6.07, 6.45) is 1.78. The quantitative estimate of drug-likeness (QED) is 0.873. The summed E-state index contributed by atoms with van der Waals surface area (Å²) >= 11 is 3.78. The lowest BCUT2D eigenvalue weighted by atomic mass is 9.91. The highest BCUT2D eigenvalue weighted by atomic mass is 32.2. The van der Waals surface area contributed by atoms with Crippen LogP contribution in [0.15, 0.2) is 6.07 Å². The van der Waals surface area contributed by atoms with Crippen molar-refractivity contribution in [2.75, 3.05) is 12.3 Å². The molecule has 0 aliphatic carbocycles. The molecule has 3 N–H and O–H groups in total. The number of aliphatic hydroxyl groups is 1. The van der Waals surface area contributed by atoms with Crippen molar-refractivity contribution >= 4 is 23.1 Å². The summed E-state index contributed by atoms with van der Waals surface area (Å²) in [5.74, 6) is 3.10. The maximum absolute atomic E-state index is 10.5. The first-order valence-electron chi connectivity index (χ1n) is 6.69. The molecule has 0 bridgehead atoms. The van der Waals surface area contributed by atoms with E-state index in [9.17, 15) is 5.11 Å². The molecule has 0 spiro atoms. The lowest BCUT2D eigenvalue weighted by molar-refractivity contribution is 0.103. The van der Waals surface area contributed by atoms with Gasteiger partial charge in [0.15, 0.2) is 0 Å². The Labute approximate surface area is 118 Å². The first-order chi connectivity index (χ1) is 8.61. The summed E-state index contributed by atoms with van der Waals surface area (Å²) in [7, 11) is 0. The minimum atomic E-state index is -0.377. The number of hydrogen-bond acceptors (Lipinski definition) is 4. The highest BCUT2D eigenvalue weighted by Gasteiger charge is 2.24. The fourth-order valence-electron chi connectivity index (χ4n) is 2.51. The molecule has 2 rings (SSSR count). The molecule has 18 heavy (non-hydrogen) atoms. The number of aryl methyl sites for hydroxylation is 1. The molecule has 0 saturated heterocycles. The molecule has 102 valence electrons. The zero-order valence-electron chi connectivity index (χ0n) is 11.2. The number of fused-ring (bicyclic) bond motifs is 1. The minimum absolute atomic E-state index is 0.192. The molecule has 1 aromatic heterocycles. The first kappa shape index (κ1) is 14.4. The van der Waals surface area contributed by atoms with Crippen LogP contribution >= 0.6 is 23.1 Å². The molecule has 1 aliphatic heterocycles. The molecule has 0 aromatic carbocycles. The van der Waals surface area contributed by atoms with E-state index in [4.69, 9.17) is 5.73 Å². The van der Waals surface area contributed by atoms with Crippen molar-refractivity contribution in [2.45, 2.75) is 38.5 Å². The van der Waals surface area contributed by atoms with Gasteiger partial charge in [0.2, 0.25) is 0 Å². The number of rotatable bonds is 5. The Bertz CT molecular complexity index is 366. The van der Waals surface area contributed by atoms with Crippen molar-refractivity contribution in [3.63, 3.8) is 0 Å². The smallest absolute Gasteiger partial charge is 0.0922 e. The monoisotopic (exact) mass is 285 g/mol. The second kappa shape index (κ2) is 6.42. The SMILES string of the molecule is CC(C)CC(CN)C(O)c1cc2c(s1)CCSC2. The summed E-state index contributed by atoms with van der Waals surface area (Å²) in [6.45, 7) is 4.94. The second-order valence-corrected chi connectivity index (χ2v) is 7.74. The summed E-state index contributed by atoms with van der Waals surface area (Å²) in [6, 6.07) is 2.21. The molecule has 1 aromatic rings. The van der Waals surface area contributed by atoms with Crippen LogP contribution in [-0.4, -0.2) is 17.4 Å². The van der Waals surface area contributed by atoms with E-state index < -0.39 is 0 Å². The van der Waals surface area contributed by atoms with E-state index >= 15 is 0 Å². The molecule has 0 fully saturated rings. The van der Waals surface area contributed by atoms with Gasteiger partial charge in [-0.05, 0) is 42.7 Å². The Balaban J connectivity index is 2.11. The molecule has 0 saturated carbocycles. The standard InChI is InChI=1S/C14H23NOS2/c1-9(2)5-10(7-15)14(16)13-6-11-8-17-4-3-12(11)18-13/h6,9-10,14,16H,3-5,7-8,15H2,1-2H3. The van der Waals surface area contributed by atoms with E-state index in [0.29, 0.717) is 12.5 Å². The first-order valence-corrected chi connectivity index (χ1v) is 8.66. The molecule has 2 unspecified atom stereocenters. The van der Waals surface area contributed by atoms with E-state index in [0.717, 1.165) is 23.5 Å². The van der Waals surface area contributed by atoms with Crippen molar-refractivity contribution in [1.82, 2.24) is 0 Å². The van der Waals surface area contributed by atoms with Crippen LogP contribution in [0.3, 0.4) is 0 Å². The Kier molecular flexibility index (Phi) is 5.13. The van der Waals surface area contributed by atoms with Gasteiger partial charge in [0.05, 0.1) is 6.10 Å². The topological polar surface area (TPSA) is 46.2 Å². The van der Waals surface area contributed by atoms with Crippen molar-refractivity contribution in [3.05, 3.63) is 21.4 Å².